The van der Waals surface area contributed by atoms with E-state index < -0.39 is 0 Å². The second-order valence-electron chi connectivity index (χ2n) is 5.11. The molecule has 0 saturated carbocycles. The summed E-state index contributed by atoms with van der Waals surface area (Å²) in [6.07, 6.45) is 0.951. The van der Waals surface area contributed by atoms with Crippen LogP contribution in [0.5, 0.6) is 0 Å². The third-order valence-electron chi connectivity index (χ3n) is 3.68. The van der Waals surface area contributed by atoms with E-state index in [2.05, 4.69) is 38.2 Å². The first-order chi connectivity index (χ1) is 9.10. The molecule has 0 aromatic heterocycles. The molecule has 1 aromatic rings. The fraction of sp³-hybridized carbons (Fsp3) is 0.562. The lowest BCUT2D eigenvalue weighted by Gasteiger charge is -2.24. The van der Waals surface area contributed by atoms with Crippen molar-refractivity contribution in [2.75, 3.05) is 13.7 Å². The third kappa shape index (κ3) is 4.67. The summed E-state index contributed by atoms with van der Waals surface area (Å²) < 4.78 is 4.87. The quantitative estimate of drug-likeness (QED) is 0.769. The van der Waals surface area contributed by atoms with Crippen LogP contribution in [0.3, 0.4) is 0 Å². The summed E-state index contributed by atoms with van der Waals surface area (Å²) >= 11 is 0. The van der Waals surface area contributed by atoms with Gasteiger partial charge in [-0.25, -0.2) is 0 Å². The summed E-state index contributed by atoms with van der Waals surface area (Å²) in [6, 6.07) is 10.1. The molecule has 106 valence electrons. The van der Waals surface area contributed by atoms with Gasteiger partial charge in [-0.15, -0.1) is 0 Å². The number of methoxy groups -OCH3 is 1. The number of benzene rings is 1. The zero-order valence-electron chi connectivity index (χ0n) is 12.3. The summed E-state index contributed by atoms with van der Waals surface area (Å²) in [6.45, 7) is 7.09. The Morgan fingerprint density at radius 2 is 1.89 bits per heavy atom. The van der Waals surface area contributed by atoms with Crippen molar-refractivity contribution in [3.63, 3.8) is 0 Å². The zero-order chi connectivity index (χ0) is 14.3. The van der Waals surface area contributed by atoms with Crippen LogP contribution in [-0.2, 0) is 9.53 Å². The van der Waals surface area contributed by atoms with Crippen molar-refractivity contribution < 1.29 is 9.53 Å². The van der Waals surface area contributed by atoms with Gasteiger partial charge in [-0.05, 0) is 17.4 Å². The van der Waals surface area contributed by atoms with E-state index in [1.165, 1.54) is 12.7 Å². The predicted octanol–water partition coefficient (Wildman–Crippen LogP) is 2.97. The Kier molecular flexibility index (Phi) is 6.57. The fourth-order valence-electron chi connectivity index (χ4n) is 2.08. The average molecular weight is 263 g/mol. The molecule has 0 saturated heterocycles. The molecule has 0 aliphatic carbocycles. The van der Waals surface area contributed by atoms with Gasteiger partial charge in [0.15, 0.2) is 0 Å². The van der Waals surface area contributed by atoms with Crippen LogP contribution in [0.2, 0.25) is 0 Å². The molecule has 0 fully saturated rings. The molecule has 1 aromatic carbocycles. The van der Waals surface area contributed by atoms with Crippen LogP contribution >= 0.6 is 0 Å². The Hall–Kier alpha value is -1.35. The molecule has 19 heavy (non-hydrogen) atoms. The van der Waals surface area contributed by atoms with Crippen molar-refractivity contribution in [2.45, 2.75) is 39.2 Å². The summed E-state index contributed by atoms with van der Waals surface area (Å²) in [7, 11) is 1.44. The van der Waals surface area contributed by atoms with Gasteiger partial charge in [0.05, 0.1) is 7.11 Å². The highest BCUT2D eigenvalue weighted by atomic mass is 16.5. The van der Waals surface area contributed by atoms with Gasteiger partial charge < -0.3 is 10.1 Å². The maximum Gasteiger partial charge on any atom is 0.323 e. The first-order valence-corrected chi connectivity index (χ1v) is 6.96. The molecule has 0 aliphatic heterocycles. The molecule has 0 bridgehead atoms. The Morgan fingerprint density at radius 3 is 2.42 bits per heavy atom. The minimum absolute atomic E-state index is 0.172. The van der Waals surface area contributed by atoms with Crippen molar-refractivity contribution >= 4 is 5.97 Å². The minimum atomic E-state index is -0.221. The van der Waals surface area contributed by atoms with Crippen molar-refractivity contribution in [1.29, 1.82) is 0 Å². The molecule has 0 heterocycles. The molecule has 0 radical (unpaired) electrons. The normalized spacial score (nSPS) is 15.6. The summed E-state index contributed by atoms with van der Waals surface area (Å²) in [5.74, 6) is 0.474. The van der Waals surface area contributed by atoms with Crippen LogP contribution in [-0.4, -0.2) is 25.7 Å². The Labute approximate surface area is 116 Å². The van der Waals surface area contributed by atoms with Gasteiger partial charge in [0.1, 0.15) is 6.04 Å². The van der Waals surface area contributed by atoms with E-state index in [1.54, 1.807) is 0 Å². The summed E-state index contributed by atoms with van der Waals surface area (Å²) in [5.41, 5.74) is 1.28. The number of carbonyl (C=O) groups is 1. The van der Waals surface area contributed by atoms with Crippen molar-refractivity contribution in [2.24, 2.45) is 5.92 Å². The Morgan fingerprint density at radius 1 is 1.26 bits per heavy atom. The van der Waals surface area contributed by atoms with Crippen molar-refractivity contribution in [3.8, 4) is 0 Å². The second kappa shape index (κ2) is 7.95. The number of hydrogen-bond acceptors (Lipinski definition) is 3. The largest absolute Gasteiger partial charge is 0.468 e. The monoisotopic (exact) mass is 263 g/mol. The third-order valence-corrected chi connectivity index (χ3v) is 3.68. The van der Waals surface area contributed by atoms with E-state index in [1.807, 2.05) is 18.2 Å². The molecule has 1 rings (SSSR count). The van der Waals surface area contributed by atoms with Crippen LogP contribution < -0.4 is 5.32 Å². The fourth-order valence-corrected chi connectivity index (χ4v) is 2.08. The van der Waals surface area contributed by atoms with E-state index in [9.17, 15) is 4.79 Å². The van der Waals surface area contributed by atoms with E-state index in [-0.39, 0.29) is 17.9 Å². The summed E-state index contributed by atoms with van der Waals surface area (Å²) in [5, 5.41) is 3.34. The molecule has 0 amide bonds. The molecule has 3 nitrogen and oxygen atoms in total. The molecule has 3 unspecified atom stereocenters. The number of rotatable bonds is 7. The maximum absolute atomic E-state index is 11.8. The van der Waals surface area contributed by atoms with Gasteiger partial charge in [0.2, 0.25) is 0 Å². The number of esters is 1. The SMILES string of the molecule is CCC(C)C(NCC(C)c1ccccc1)C(=O)OC. The molecule has 3 atom stereocenters. The van der Waals surface area contributed by atoms with Crippen LogP contribution in [0.15, 0.2) is 30.3 Å². The van der Waals surface area contributed by atoms with Crippen LogP contribution in [0, 0.1) is 5.92 Å². The average Bonchev–Trinajstić information content (AvgIpc) is 2.47. The number of nitrogens with one attached hydrogen (secondary N) is 1. The standard InChI is InChI=1S/C16H25NO2/c1-5-12(2)15(16(18)19-4)17-11-13(3)14-9-7-6-8-10-14/h6-10,12-13,15,17H,5,11H2,1-4H3. The van der Waals surface area contributed by atoms with Crippen LogP contribution in [0.1, 0.15) is 38.7 Å². The predicted molar refractivity (Wildman–Crippen MR) is 78.1 cm³/mol. The molecule has 1 N–H and O–H groups in total. The smallest absolute Gasteiger partial charge is 0.323 e. The van der Waals surface area contributed by atoms with E-state index >= 15 is 0 Å². The first kappa shape index (κ1) is 15.7. The highest BCUT2D eigenvalue weighted by molar-refractivity contribution is 5.76. The van der Waals surface area contributed by atoms with E-state index in [4.69, 9.17) is 4.74 Å². The lowest BCUT2D eigenvalue weighted by Crippen LogP contribution is -2.43. The molecule has 0 spiro atoms. The van der Waals surface area contributed by atoms with Gasteiger partial charge in [0.25, 0.3) is 0 Å². The first-order valence-electron chi connectivity index (χ1n) is 6.96. The number of ether oxygens (including phenoxy) is 1. The zero-order valence-corrected chi connectivity index (χ0v) is 12.3. The highest BCUT2D eigenvalue weighted by Gasteiger charge is 2.24. The topological polar surface area (TPSA) is 38.3 Å². The molecule has 0 aliphatic rings. The van der Waals surface area contributed by atoms with E-state index in [0.29, 0.717) is 5.92 Å². The van der Waals surface area contributed by atoms with Crippen LogP contribution in [0.25, 0.3) is 0 Å². The lowest BCUT2D eigenvalue weighted by atomic mass is 9.97. The van der Waals surface area contributed by atoms with Gasteiger partial charge in [-0.1, -0.05) is 57.5 Å². The molecular weight excluding hydrogens is 238 g/mol. The Bertz CT molecular complexity index is 378. The number of carbonyl (C=O) groups excluding carboxylic acids is 1. The summed E-state index contributed by atoms with van der Waals surface area (Å²) in [4.78, 5) is 11.8. The van der Waals surface area contributed by atoms with E-state index in [0.717, 1.165) is 13.0 Å². The van der Waals surface area contributed by atoms with Crippen LogP contribution in [0.4, 0.5) is 0 Å². The second-order valence-corrected chi connectivity index (χ2v) is 5.11. The maximum atomic E-state index is 11.8. The Balaban J connectivity index is 2.59. The van der Waals surface area contributed by atoms with Gasteiger partial charge >= 0.3 is 5.97 Å². The van der Waals surface area contributed by atoms with Crippen molar-refractivity contribution in [1.82, 2.24) is 5.32 Å². The molecule has 3 heteroatoms. The van der Waals surface area contributed by atoms with Gasteiger partial charge in [-0.3, -0.25) is 4.79 Å². The molecular formula is C16H25NO2. The van der Waals surface area contributed by atoms with Gasteiger partial charge in [-0.2, -0.15) is 0 Å². The highest BCUT2D eigenvalue weighted by Crippen LogP contribution is 2.15. The van der Waals surface area contributed by atoms with Gasteiger partial charge in [0, 0.05) is 6.54 Å². The van der Waals surface area contributed by atoms with Crippen molar-refractivity contribution in [3.05, 3.63) is 35.9 Å². The lowest BCUT2D eigenvalue weighted by molar-refractivity contribution is -0.144. The minimum Gasteiger partial charge on any atom is -0.468 e. The number of hydrogen-bond donors (Lipinski definition) is 1.